The van der Waals surface area contributed by atoms with Crippen LogP contribution in [-0.4, -0.2) is 24.8 Å². The number of benzene rings is 1. The van der Waals surface area contributed by atoms with Gasteiger partial charge in [-0.15, -0.1) is 0 Å². The number of rotatable bonds is 5. The van der Waals surface area contributed by atoms with Gasteiger partial charge in [0.1, 0.15) is 0 Å². The standard InChI is InChI=1S/C14H22N2/c1-5-6-10-16(4)11-15-14-12(2)8-7-9-13(14)3/h7-9,11H,5-6,10H2,1-4H3. The number of hydrogen-bond acceptors (Lipinski definition) is 1. The Morgan fingerprint density at radius 3 is 2.44 bits per heavy atom. The van der Waals surface area contributed by atoms with Crippen molar-refractivity contribution >= 4 is 12.0 Å². The third kappa shape index (κ3) is 3.69. The van der Waals surface area contributed by atoms with Crippen LogP contribution in [0.5, 0.6) is 0 Å². The van der Waals surface area contributed by atoms with Crippen LogP contribution in [0.3, 0.4) is 0 Å². The smallest absolute Gasteiger partial charge is 0.0909 e. The lowest BCUT2D eigenvalue weighted by Crippen LogP contribution is -2.16. The quantitative estimate of drug-likeness (QED) is 0.543. The highest BCUT2D eigenvalue weighted by molar-refractivity contribution is 5.64. The molecule has 0 radical (unpaired) electrons. The minimum Gasteiger partial charge on any atom is -0.366 e. The van der Waals surface area contributed by atoms with E-state index < -0.39 is 0 Å². The zero-order chi connectivity index (χ0) is 12.0. The molecule has 1 aromatic carbocycles. The van der Waals surface area contributed by atoms with Crippen LogP contribution in [0.1, 0.15) is 30.9 Å². The second-order valence-corrected chi connectivity index (χ2v) is 4.32. The van der Waals surface area contributed by atoms with Gasteiger partial charge >= 0.3 is 0 Å². The van der Waals surface area contributed by atoms with E-state index in [1.54, 1.807) is 0 Å². The Kier molecular flexibility index (Phi) is 5.03. The van der Waals surface area contributed by atoms with Crippen molar-refractivity contribution in [2.45, 2.75) is 33.6 Å². The summed E-state index contributed by atoms with van der Waals surface area (Å²) in [5.41, 5.74) is 3.58. The van der Waals surface area contributed by atoms with Gasteiger partial charge in [0.05, 0.1) is 12.0 Å². The van der Waals surface area contributed by atoms with Gasteiger partial charge in [0, 0.05) is 13.6 Å². The van der Waals surface area contributed by atoms with Crippen LogP contribution in [0, 0.1) is 13.8 Å². The molecule has 16 heavy (non-hydrogen) atoms. The van der Waals surface area contributed by atoms with E-state index in [0.29, 0.717) is 0 Å². The highest BCUT2D eigenvalue weighted by Gasteiger charge is 1.99. The number of para-hydroxylation sites is 1. The van der Waals surface area contributed by atoms with E-state index in [1.807, 2.05) is 6.34 Å². The predicted molar refractivity (Wildman–Crippen MR) is 71.6 cm³/mol. The first-order chi connectivity index (χ1) is 7.65. The largest absolute Gasteiger partial charge is 0.366 e. The van der Waals surface area contributed by atoms with Gasteiger partial charge in [-0.3, -0.25) is 0 Å². The molecule has 0 heterocycles. The van der Waals surface area contributed by atoms with Crippen LogP contribution in [0.25, 0.3) is 0 Å². The van der Waals surface area contributed by atoms with Gasteiger partial charge in [-0.25, -0.2) is 4.99 Å². The molecule has 0 bridgehead atoms. The predicted octanol–water partition coefficient (Wildman–Crippen LogP) is 3.70. The third-order valence-electron chi connectivity index (χ3n) is 2.69. The Labute approximate surface area is 99.0 Å². The molecule has 0 aliphatic heterocycles. The maximum absolute atomic E-state index is 4.56. The van der Waals surface area contributed by atoms with Crippen LogP contribution in [0.15, 0.2) is 23.2 Å². The molecule has 0 saturated heterocycles. The average Bonchev–Trinajstić information content (AvgIpc) is 2.25. The summed E-state index contributed by atoms with van der Waals surface area (Å²) in [5, 5.41) is 0. The van der Waals surface area contributed by atoms with Crippen LogP contribution in [0.4, 0.5) is 5.69 Å². The molecule has 0 atom stereocenters. The first kappa shape index (κ1) is 12.8. The maximum Gasteiger partial charge on any atom is 0.0909 e. The van der Waals surface area contributed by atoms with Crippen LogP contribution in [0.2, 0.25) is 0 Å². The van der Waals surface area contributed by atoms with Crippen molar-refractivity contribution in [2.24, 2.45) is 4.99 Å². The topological polar surface area (TPSA) is 15.6 Å². The second kappa shape index (κ2) is 6.31. The SMILES string of the molecule is CCCCN(C)C=Nc1c(C)cccc1C. The fraction of sp³-hybridized carbons (Fsp3) is 0.500. The second-order valence-electron chi connectivity index (χ2n) is 4.32. The summed E-state index contributed by atoms with van der Waals surface area (Å²) in [6.07, 6.45) is 4.38. The van der Waals surface area contributed by atoms with E-state index in [0.717, 1.165) is 12.2 Å². The molecule has 0 N–H and O–H groups in total. The molecule has 1 aromatic rings. The van der Waals surface area contributed by atoms with E-state index in [2.05, 4.69) is 55.9 Å². The molecule has 1 rings (SSSR count). The van der Waals surface area contributed by atoms with Crippen LogP contribution >= 0.6 is 0 Å². The van der Waals surface area contributed by atoms with Gasteiger partial charge in [-0.2, -0.15) is 0 Å². The zero-order valence-corrected chi connectivity index (χ0v) is 10.8. The molecular formula is C14H22N2. The molecule has 0 saturated carbocycles. The highest BCUT2D eigenvalue weighted by atomic mass is 15.1. The van der Waals surface area contributed by atoms with Crippen molar-refractivity contribution < 1.29 is 0 Å². The van der Waals surface area contributed by atoms with Crippen LogP contribution < -0.4 is 0 Å². The first-order valence-electron chi connectivity index (χ1n) is 5.95. The molecule has 0 fully saturated rings. The lowest BCUT2D eigenvalue weighted by atomic mass is 10.1. The summed E-state index contributed by atoms with van der Waals surface area (Å²) < 4.78 is 0. The summed E-state index contributed by atoms with van der Waals surface area (Å²) in [5.74, 6) is 0. The Morgan fingerprint density at radius 1 is 1.25 bits per heavy atom. The Morgan fingerprint density at radius 2 is 1.88 bits per heavy atom. The number of aryl methyl sites for hydroxylation is 2. The Balaban J connectivity index is 2.68. The maximum atomic E-state index is 4.56. The Hall–Kier alpha value is -1.31. The Bertz CT molecular complexity index is 336. The fourth-order valence-electron chi connectivity index (χ4n) is 1.63. The molecule has 0 unspecified atom stereocenters. The van der Waals surface area contributed by atoms with Gasteiger partial charge in [-0.1, -0.05) is 31.5 Å². The van der Waals surface area contributed by atoms with Crippen molar-refractivity contribution in [1.29, 1.82) is 0 Å². The average molecular weight is 218 g/mol. The lowest BCUT2D eigenvalue weighted by molar-refractivity contribution is 0.497. The molecular weight excluding hydrogens is 196 g/mol. The molecule has 0 aliphatic carbocycles. The van der Waals surface area contributed by atoms with Crippen molar-refractivity contribution in [3.63, 3.8) is 0 Å². The zero-order valence-electron chi connectivity index (χ0n) is 10.8. The summed E-state index contributed by atoms with van der Waals surface area (Å²) in [4.78, 5) is 6.71. The summed E-state index contributed by atoms with van der Waals surface area (Å²) >= 11 is 0. The van der Waals surface area contributed by atoms with Crippen molar-refractivity contribution in [3.8, 4) is 0 Å². The van der Waals surface area contributed by atoms with Crippen molar-refractivity contribution in [3.05, 3.63) is 29.3 Å². The number of nitrogens with zero attached hydrogens (tertiary/aromatic N) is 2. The monoisotopic (exact) mass is 218 g/mol. The molecule has 0 aliphatic rings. The summed E-state index contributed by atoms with van der Waals surface area (Å²) in [6.45, 7) is 7.48. The van der Waals surface area contributed by atoms with Gasteiger partial charge in [-0.05, 0) is 31.4 Å². The fourth-order valence-corrected chi connectivity index (χ4v) is 1.63. The first-order valence-corrected chi connectivity index (χ1v) is 5.95. The number of aliphatic imine (C=N–C) groups is 1. The van der Waals surface area contributed by atoms with Gasteiger partial charge < -0.3 is 4.90 Å². The van der Waals surface area contributed by atoms with E-state index in [9.17, 15) is 0 Å². The lowest BCUT2D eigenvalue weighted by Gasteiger charge is -2.12. The van der Waals surface area contributed by atoms with E-state index >= 15 is 0 Å². The normalized spacial score (nSPS) is 11.0. The van der Waals surface area contributed by atoms with Crippen molar-refractivity contribution in [2.75, 3.05) is 13.6 Å². The van der Waals surface area contributed by atoms with Gasteiger partial charge in [0.2, 0.25) is 0 Å². The summed E-state index contributed by atoms with van der Waals surface area (Å²) in [6, 6.07) is 6.28. The molecule has 0 spiro atoms. The summed E-state index contributed by atoms with van der Waals surface area (Å²) in [7, 11) is 2.08. The molecule has 88 valence electrons. The highest BCUT2D eigenvalue weighted by Crippen LogP contribution is 2.22. The van der Waals surface area contributed by atoms with E-state index in [4.69, 9.17) is 0 Å². The molecule has 2 nitrogen and oxygen atoms in total. The van der Waals surface area contributed by atoms with E-state index in [1.165, 1.54) is 24.0 Å². The third-order valence-corrected chi connectivity index (χ3v) is 2.69. The minimum absolute atomic E-state index is 1.07. The molecule has 0 amide bonds. The number of hydrogen-bond donors (Lipinski definition) is 0. The van der Waals surface area contributed by atoms with Gasteiger partial charge in [0.15, 0.2) is 0 Å². The number of unbranched alkanes of at least 4 members (excludes halogenated alkanes) is 1. The molecule has 2 heteroatoms. The van der Waals surface area contributed by atoms with E-state index in [-0.39, 0.29) is 0 Å². The van der Waals surface area contributed by atoms with Crippen LogP contribution in [-0.2, 0) is 0 Å². The minimum atomic E-state index is 1.07. The molecule has 0 aromatic heterocycles. The van der Waals surface area contributed by atoms with Gasteiger partial charge in [0.25, 0.3) is 0 Å². The van der Waals surface area contributed by atoms with Crippen molar-refractivity contribution in [1.82, 2.24) is 4.90 Å².